The average Bonchev–Trinajstić information content (AvgIpc) is 1.14. The lowest BCUT2D eigenvalue weighted by molar-refractivity contribution is -0.164. The second kappa shape index (κ2) is 38.2. The number of nitrogens with zero attached hydrogens (tertiary/aromatic N) is 6. The molecule has 0 fully saturated rings. The highest BCUT2D eigenvalue weighted by Gasteiger charge is 2.46. The van der Waals surface area contributed by atoms with Crippen LogP contribution in [0, 0.1) is 47.3 Å². The molecule has 0 bridgehead atoms. The smallest absolute Gasteiger partial charge is 0.325 e. The minimum atomic E-state index is -1.55. The molecule has 0 saturated heterocycles. The number of esters is 2. The van der Waals surface area contributed by atoms with E-state index in [2.05, 4.69) is 16.0 Å². The largest absolute Gasteiger partial charge is 0.468 e. The SMILES string of the molecule is C/C=C/C[C@@H](C)[C@@H](OC(C)=O)[C@@H](C(=O)N[C@@H](CC)C(=O)N(C)CC(=O)OC)N(C)C(=O)[C@H](C(C)C)N(C)C(=O)[C@H](CC(C)C)N(C)C(=O)[C@H](CC(C)C)N(C)C(=O)[C@@H](C)NC(=O)[C@H](C)CC(=O)[C@@H](CC(C)C)N(C)C(=O)[C@@H](CC(=O)[C@H](C)NC)C(C)C. The van der Waals surface area contributed by atoms with Crippen molar-refractivity contribution >= 4 is 70.8 Å². The van der Waals surface area contributed by atoms with Crippen LogP contribution in [0.15, 0.2) is 12.2 Å². The Morgan fingerprint density at radius 1 is 0.517 bits per heavy atom. The quantitative estimate of drug-likeness (QED) is 0.0547. The molecule has 0 unspecified atom stereocenters. The predicted molar refractivity (Wildman–Crippen MR) is 335 cm³/mol. The molecule has 23 nitrogen and oxygen atoms in total. The summed E-state index contributed by atoms with van der Waals surface area (Å²) in [5, 5.41) is 8.38. The molecule has 0 aliphatic rings. The molecular formula is C64H113N9O14. The summed E-state index contributed by atoms with van der Waals surface area (Å²) in [4.78, 5) is 175. The zero-order valence-corrected chi connectivity index (χ0v) is 57.5. The van der Waals surface area contributed by atoms with Crippen molar-refractivity contribution in [3.05, 3.63) is 12.2 Å². The molecule has 0 aromatic carbocycles. The van der Waals surface area contributed by atoms with Crippen molar-refractivity contribution in [3.63, 3.8) is 0 Å². The monoisotopic (exact) mass is 1230 g/mol. The molecule has 0 aromatic heterocycles. The van der Waals surface area contributed by atoms with Crippen LogP contribution in [0.4, 0.5) is 0 Å². The topological polar surface area (TPSA) is 279 Å². The van der Waals surface area contributed by atoms with Gasteiger partial charge < -0.3 is 54.8 Å². The second-order valence-corrected chi connectivity index (χ2v) is 25.7. The van der Waals surface area contributed by atoms with E-state index in [-0.39, 0.29) is 73.2 Å². The van der Waals surface area contributed by atoms with Gasteiger partial charge in [-0.05, 0) is 95.4 Å². The van der Waals surface area contributed by atoms with Gasteiger partial charge in [0, 0.05) is 73.9 Å². The highest BCUT2D eigenvalue weighted by molar-refractivity contribution is 5.99. The van der Waals surface area contributed by atoms with Gasteiger partial charge in [-0.1, -0.05) is 102 Å². The van der Waals surface area contributed by atoms with Gasteiger partial charge in [0.2, 0.25) is 47.3 Å². The molecule has 0 spiro atoms. The molecule has 12 atom stereocenters. The van der Waals surface area contributed by atoms with Crippen LogP contribution in [0.3, 0.4) is 0 Å². The minimum absolute atomic E-state index is 0.00241. The molecular weight excluding hydrogens is 1120 g/mol. The van der Waals surface area contributed by atoms with Crippen molar-refractivity contribution in [2.45, 2.75) is 217 Å². The van der Waals surface area contributed by atoms with Crippen LogP contribution in [0.25, 0.3) is 0 Å². The van der Waals surface area contributed by atoms with Crippen LogP contribution in [0.2, 0.25) is 0 Å². The highest BCUT2D eigenvalue weighted by Crippen LogP contribution is 2.28. The molecule has 23 heteroatoms. The van der Waals surface area contributed by atoms with E-state index < -0.39 is 138 Å². The Morgan fingerprint density at radius 2 is 0.989 bits per heavy atom. The van der Waals surface area contributed by atoms with Gasteiger partial charge in [0.05, 0.1) is 19.2 Å². The van der Waals surface area contributed by atoms with E-state index in [4.69, 9.17) is 9.47 Å². The molecule has 498 valence electrons. The van der Waals surface area contributed by atoms with Gasteiger partial charge >= 0.3 is 11.9 Å². The third-order valence-corrected chi connectivity index (χ3v) is 16.2. The van der Waals surface area contributed by atoms with Gasteiger partial charge in [0.1, 0.15) is 54.7 Å². The van der Waals surface area contributed by atoms with E-state index in [0.29, 0.717) is 12.8 Å². The Bertz CT molecular complexity index is 2360. The Kier molecular flexibility index (Phi) is 35.5. The van der Waals surface area contributed by atoms with Gasteiger partial charge in [0.25, 0.3) is 0 Å². The van der Waals surface area contributed by atoms with Crippen LogP contribution < -0.4 is 16.0 Å². The molecule has 0 aromatic rings. The van der Waals surface area contributed by atoms with Gasteiger partial charge in [-0.15, -0.1) is 0 Å². The summed E-state index contributed by atoms with van der Waals surface area (Å²) in [5.74, 6) is -10.1. The number of nitrogens with one attached hydrogen (secondary N) is 3. The maximum Gasteiger partial charge on any atom is 0.325 e. The molecule has 0 saturated carbocycles. The van der Waals surface area contributed by atoms with Crippen LogP contribution >= 0.6 is 0 Å². The summed E-state index contributed by atoms with van der Waals surface area (Å²) >= 11 is 0. The second-order valence-electron chi connectivity index (χ2n) is 25.7. The molecule has 87 heavy (non-hydrogen) atoms. The number of carbonyl (C=O) groups is 12. The molecule has 0 aliphatic carbocycles. The number of amides is 8. The summed E-state index contributed by atoms with van der Waals surface area (Å²) in [5.41, 5.74) is 0. The van der Waals surface area contributed by atoms with E-state index in [9.17, 15) is 43.2 Å². The van der Waals surface area contributed by atoms with Crippen molar-refractivity contribution in [3.8, 4) is 0 Å². The number of Topliss-reactive ketones (excluding diaryl/α,β-unsaturated/α-hetero) is 2. The number of carbonyl (C=O) groups excluding carboxylic acids is 12. The highest BCUT2D eigenvalue weighted by atomic mass is 16.5. The first-order valence-corrected chi connectivity index (χ1v) is 31.0. The van der Waals surface area contributed by atoms with Crippen molar-refractivity contribution in [2.24, 2.45) is 47.3 Å². The summed E-state index contributed by atoms with van der Waals surface area (Å²) < 4.78 is 10.6. The fourth-order valence-electron chi connectivity index (χ4n) is 10.6. The molecule has 0 aliphatic heterocycles. The first-order chi connectivity index (χ1) is 40.2. The third kappa shape index (κ3) is 24.7. The molecule has 0 radical (unpaired) electrons. The number of ether oxygens (including phenoxy) is 2. The van der Waals surface area contributed by atoms with E-state index in [1.54, 1.807) is 68.6 Å². The number of methoxy groups -OCH3 is 1. The summed E-state index contributed by atoms with van der Waals surface area (Å²) in [6.07, 6.45) is 3.09. The van der Waals surface area contributed by atoms with E-state index in [1.807, 2.05) is 61.5 Å². The fraction of sp³-hybridized carbons (Fsp3) is 0.781. The Morgan fingerprint density at radius 3 is 1.43 bits per heavy atom. The maximum absolute atomic E-state index is 15.2. The molecule has 8 amide bonds. The summed E-state index contributed by atoms with van der Waals surface area (Å²) in [7, 11) is 11.5. The van der Waals surface area contributed by atoms with Gasteiger partial charge in [-0.25, -0.2) is 0 Å². The van der Waals surface area contributed by atoms with E-state index in [1.165, 1.54) is 75.8 Å². The standard InChI is InChI=1S/C64H113N9O14/c1-26-28-29-41(13)56(87-45(17)74)55(58(79)67-47(27-2)61(82)68(19)35-53(77)86-25)73(24)64(85)54(40(11)12)72(23)63(84)50(32-38(7)8)71(22)62(83)49(31-37(5)6)70(21)59(80)44(16)66-57(78)42(14)33-52(76)48(30-36(3)4)69(20)60(81)46(39(9)10)34-51(75)43(15)65-18/h26,28,36-44,46-50,54-56,65H,27,29-35H2,1-25H3,(H,66,78)(H,67,79)/b28-26+/t41-,42-,43+,44-,46+,47+,48-,49+,50+,54+,55+,56-/m1/s1. The Balaban J connectivity index is 7.19. The Labute approximate surface area is 520 Å². The number of hydrogen-bond acceptors (Lipinski definition) is 15. The number of hydrogen-bond donors (Lipinski definition) is 3. The van der Waals surface area contributed by atoms with Crippen molar-refractivity contribution in [1.29, 1.82) is 0 Å². The first-order valence-electron chi connectivity index (χ1n) is 31.0. The van der Waals surface area contributed by atoms with E-state index in [0.717, 1.165) is 9.80 Å². The van der Waals surface area contributed by atoms with Crippen molar-refractivity contribution in [1.82, 2.24) is 45.3 Å². The van der Waals surface area contributed by atoms with Crippen molar-refractivity contribution < 1.29 is 67.0 Å². The molecule has 0 rings (SSSR count). The predicted octanol–water partition coefficient (Wildman–Crippen LogP) is 4.92. The lowest BCUT2D eigenvalue weighted by atomic mass is 9.86. The van der Waals surface area contributed by atoms with Gasteiger partial charge in [-0.3, -0.25) is 57.5 Å². The van der Waals surface area contributed by atoms with Gasteiger partial charge in [0.15, 0.2) is 5.78 Å². The molecule has 0 heterocycles. The lowest BCUT2D eigenvalue weighted by Crippen LogP contribution is -2.64. The van der Waals surface area contributed by atoms with Crippen LogP contribution in [-0.4, -0.2) is 218 Å². The number of rotatable bonds is 38. The fourth-order valence-corrected chi connectivity index (χ4v) is 10.6. The zero-order valence-electron chi connectivity index (χ0n) is 57.5. The van der Waals surface area contributed by atoms with Gasteiger partial charge in [-0.2, -0.15) is 0 Å². The van der Waals surface area contributed by atoms with Crippen molar-refractivity contribution in [2.75, 3.05) is 63.0 Å². The first kappa shape index (κ1) is 80.7. The molecule has 3 N–H and O–H groups in total. The Hall–Kier alpha value is -6.26. The number of allylic oxidation sites excluding steroid dienone is 2. The minimum Gasteiger partial charge on any atom is -0.468 e. The number of ketones is 2. The average molecular weight is 1230 g/mol. The zero-order chi connectivity index (χ0) is 67.8. The van der Waals surface area contributed by atoms with Crippen LogP contribution in [-0.2, 0) is 67.0 Å². The van der Waals surface area contributed by atoms with Crippen LogP contribution in [0.1, 0.15) is 163 Å². The maximum atomic E-state index is 15.2. The third-order valence-electron chi connectivity index (χ3n) is 16.2. The number of likely N-dealkylation sites (N-methyl/N-ethyl adjacent to an activating group) is 7. The van der Waals surface area contributed by atoms with Crippen LogP contribution in [0.5, 0.6) is 0 Å². The summed E-state index contributed by atoms with van der Waals surface area (Å²) in [6, 6.07) is -8.85. The normalized spacial score (nSPS) is 15.8. The lowest BCUT2D eigenvalue weighted by Gasteiger charge is -2.42. The van der Waals surface area contributed by atoms with E-state index >= 15 is 14.4 Å². The summed E-state index contributed by atoms with van der Waals surface area (Å²) in [6.45, 7) is 29.2.